The molecule has 184 valence electrons. The molecular formula is C26H24ClN5O3S. The molecule has 0 saturated carbocycles. The molecule has 0 fully saturated rings. The van der Waals surface area contributed by atoms with Crippen LogP contribution in [0.1, 0.15) is 12.5 Å². The Morgan fingerprint density at radius 1 is 0.944 bits per heavy atom. The molecule has 8 nitrogen and oxygen atoms in total. The second-order valence-corrected chi connectivity index (χ2v) is 8.97. The van der Waals surface area contributed by atoms with Gasteiger partial charge in [0, 0.05) is 16.3 Å². The molecule has 0 unspecified atom stereocenters. The van der Waals surface area contributed by atoms with Crippen molar-refractivity contribution >= 4 is 35.0 Å². The molecule has 0 atom stereocenters. The maximum Gasteiger partial charge on any atom is 0.250 e. The maximum atomic E-state index is 12.5. The Hall–Kier alpha value is -3.82. The highest BCUT2D eigenvalue weighted by molar-refractivity contribution is 7.99. The van der Waals surface area contributed by atoms with Crippen LogP contribution in [0.25, 0.3) is 17.1 Å². The smallest absolute Gasteiger partial charge is 0.250 e. The highest BCUT2D eigenvalue weighted by Crippen LogP contribution is 2.29. The van der Waals surface area contributed by atoms with Crippen LogP contribution >= 0.6 is 23.4 Å². The summed E-state index contributed by atoms with van der Waals surface area (Å²) in [6.45, 7) is 1.83. The molecule has 1 N–H and O–H groups in total. The molecule has 0 spiro atoms. The van der Waals surface area contributed by atoms with E-state index in [1.54, 1.807) is 26.4 Å². The largest absolute Gasteiger partial charge is 0.497 e. The minimum atomic E-state index is -0.260. The number of carbonyl (C=O) groups is 1. The molecule has 0 aliphatic carbocycles. The summed E-state index contributed by atoms with van der Waals surface area (Å²) in [6.07, 6.45) is 0. The first-order valence-electron chi connectivity index (χ1n) is 10.9. The van der Waals surface area contributed by atoms with Gasteiger partial charge in [0.15, 0.2) is 11.0 Å². The predicted molar refractivity (Wildman–Crippen MR) is 142 cm³/mol. The van der Waals surface area contributed by atoms with Crippen molar-refractivity contribution in [3.63, 3.8) is 0 Å². The van der Waals surface area contributed by atoms with Crippen LogP contribution in [-0.2, 0) is 4.79 Å². The summed E-state index contributed by atoms with van der Waals surface area (Å²) >= 11 is 7.36. The monoisotopic (exact) mass is 521 g/mol. The second-order valence-electron chi connectivity index (χ2n) is 7.60. The molecule has 10 heteroatoms. The van der Waals surface area contributed by atoms with Crippen molar-refractivity contribution in [1.29, 1.82) is 0 Å². The van der Waals surface area contributed by atoms with Crippen LogP contribution < -0.4 is 14.9 Å². The van der Waals surface area contributed by atoms with Gasteiger partial charge in [-0.05, 0) is 85.3 Å². The standard InChI is InChI=1S/C26H24ClN5O3S/c1-17(18-4-12-22(34-2)13-5-18)28-29-24(33)16-36-26-31-30-25(19-6-14-23(35-3)15-7-19)32(26)21-10-8-20(27)9-11-21/h4-15H,16H2,1-3H3,(H,29,33)/b28-17+. The number of nitrogens with zero attached hydrogens (tertiary/aromatic N) is 4. The number of hydrazone groups is 1. The van der Waals surface area contributed by atoms with Gasteiger partial charge in [-0.3, -0.25) is 9.36 Å². The summed E-state index contributed by atoms with van der Waals surface area (Å²) in [5.41, 5.74) is 5.85. The minimum Gasteiger partial charge on any atom is -0.497 e. The van der Waals surface area contributed by atoms with Crippen molar-refractivity contribution in [3.8, 4) is 28.6 Å². The zero-order valence-electron chi connectivity index (χ0n) is 19.9. The molecule has 0 aliphatic rings. The van der Waals surface area contributed by atoms with E-state index in [-0.39, 0.29) is 11.7 Å². The summed E-state index contributed by atoms with van der Waals surface area (Å²) in [5, 5.41) is 14.1. The van der Waals surface area contributed by atoms with Gasteiger partial charge < -0.3 is 9.47 Å². The van der Waals surface area contributed by atoms with Crippen LogP contribution in [0.5, 0.6) is 11.5 Å². The molecular weight excluding hydrogens is 498 g/mol. The zero-order valence-corrected chi connectivity index (χ0v) is 21.5. The summed E-state index contributed by atoms with van der Waals surface area (Å²) < 4.78 is 12.3. The summed E-state index contributed by atoms with van der Waals surface area (Å²) in [4.78, 5) is 12.5. The Kier molecular flexibility index (Phi) is 8.24. The van der Waals surface area contributed by atoms with E-state index in [9.17, 15) is 4.79 Å². The van der Waals surface area contributed by atoms with Crippen molar-refractivity contribution in [1.82, 2.24) is 20.2 Å². The number of hydrogen-bond donors (Lipinski definition) is 1. The number of thioether (sulfide) groups is 1. The van der Waals surface area contributed by atoms with E-state index in [2.05, 4.69) is 20.7 Å². The van der Waals surface area contributed by atoms with Crippen molar-refractivity contribution < 1.29 is 14.3 Å². The van der Waals surface area contributed by atoms with Gasteiger partial charge in [0.05, 0.1) is 25.7 Å². The third-order valence-corrected chi connectivity index (χ3v) is 6.44. The first-order valence-corrected chi connectivity index (χ1v) is 12.3. The number of nitrogens with one attached hydrogen (secondary N) is 1. The number of amides is 1. The van der Waals surface area contributed by atoms with Crippen molar-refractivity contribution in [2.75, 3.05) is 20.0 Å². The molecule has 0 bridgehead atoms. The maximum absolute atomic E-state index is 12.5. The molecule has 36 heavy (non-hydrogen) atoms. The lowest BCUT2D eigenvalue weighted by Crippen LogP contribution is -2.21. The van der Waals surface area contributed by atoms with E-state index in [0.29, 0.717) is 21.7 Å². The average molecular weight is 522 g/mol. The van der Waals surface area contributed by atoms with Crippen molar-refractivity contribution in [2.24, 2.45) is 5.10 Å². The highest BCUT2D eigenvalue weighted by atomic mass is 35.5. The van der Waals surface area contributed by atoms with E-state index >= 15 is 0 Å². The Labute approximate surface area is 218 Å². The van der Waals surface area contributed by atoms with Crippen LogP contribution in [0.15, 0.2) is 83.1 Å². The van der Waals surface area contributed by atoms with Gasteiger partial charge in [-0.15, -0.1) is 10.2 Å². The third kappa shape index (κ3) is 6.05. The average Bonchev–Trinajstić information content (AvgIpc) is 3.35. The van der Waals surface area contributed by atoms with Gasteiger partial charge in [-0.1, -0.05) is 23.4 Å². The minimum absolute atomic E-state index is 0.105. The van der Waals surface area contributed by atoms with Gasteiger partial charge in [-0.2, -0.15) is 5.10 Å². The Morgan fingerprint density at radius 2 is 1.56 bits per heavy atom. The second kappa shape index (κ2) is 11.7. The lowest BCUT2D eigenvalue weighted by Gasteiger charge is -2.11. The van der Waals surface area contributed by atoms with E-state index in [4.69, 9.17) is 21.1 Å². The fraction of sp³-hybridized carbons (Fsp3) is 0.154. The number of methoxy groups -OCH3 is 2. The molecule has 4 aromatic rings. The van der Waals surface area contributed by atoms with Crippen molar-refractivity contribution in [2.45, 2.75) is 12.1 Å². The van der Waals surface area contributed by atoms with Crippen LogP contribution in [0, 0.1) is 0 Å². The van der Waals surface area contributed by atoms with Crippen LogP contribution in [0.2, 0.25) is 5.02 Å². The normalized spacial score (nSPS) is 11.3. The lowest BCUT2D eigenvalue weighted by molar-refractivity contribution is -0.118. The number of carbonyl (C=O) groups excluding carboxylic acids is 1. The Bertz CT molecular complexity index is 1350. The van der Waals surface area contributed by atoms with Gasteiger partial charge in [0.2, 0.25) is 0 Å². The van der Waals surface area contributed by atoms with Gasteiger partial charge >= 0.3 is 0 Å². The SMILES string of the molecule is COc1ccc(/C(C)=N/NC(=O)CSc2nnc(-c3ccc(OC)cc3)n2-c2ccc(Cl)cc2)cc1. The highest BCUT2D eigenvalue weighted by Gasteiger charge is 2.17. The fourth-order valence-electron chi connectivity index (χ4n) is 3.32. The molecule has 0 aliphatic heterocycles. The zero-order chi connectivity index (χ0) is 25.5. The number of benzene rings is 3. The molecule has 1 amide bonds. The van der Waals surface area contributed by atoms with Crippen LogP contribution in [0.4, 0.5) is 0 Å². The van der Waals surface area contributed by atoms with E-state index in [1.165, 1.54) is 11.8 Å². The Morgan fingerprint density at radius 3 is 2.17 bits per heavy atom. The fourth-order valence-corrected chi connectivity index (χ4v) is 4.19. The summed E-state index contributed by atoms with van der Waals surface area (Å²) in [5.74, 6) is 1.98. The number of hydrogen-bond acceptors (Lipinski definition) is 7. The van der Waals surface area contributed by atoms with Gasteiger partial charge in [0.25, 0.3) is 5.91 Å². The van der Waals surface area contributed by atoms with Gasteiger partial charge in [0.1, 0.15) is 11.5 Å². The topological polar surface area (TPSA) is 90.6 Å². The number of ether oxygens (including phenoxy) is 2. The molecule has 0 radical (unpaired) electrons. The molecule has 0 saturated heterocycles. The first-order chi connectivity index (χ1) is 17.5. The first kappa shape index (κ1) is 25.3. The molecule has 3 aromatic carbocycles. The predicted octanol–water partition coefficient (Wildman–Crippen LogP) is 5.24. The van der Waals surface area contributed by atoms with E-state index in [1.807, 2.05) is 72.2 Å². The Balaban J connectivity index is 1.51. The van der Waals surface area contributed by atoms with E-state index in [0.717, 1.165) is 28.3 Å². The summed E-state index contributed by atoms with van der Waals surface area (Å²) in [6, 6.07) is 22.4. The van der Waals surface area contributed by atoms with Crippen LogP contribution in [-0.4, -0.2) is 46.4 Å². The molecule has 1 aromatic heterocycles. The number of rotatable bonds is 9. The van der Waals surface area contributed by atoms with Crippen LogP contribution in [0.3, 0.4) is 0 Å². The van der Waals surface area contributed by atoms with E-state index < -0.39 is 0 Å². The van der Waals surface area contributed by atoms with Gasteiger partial charge in [-0.25, -0.2) is 5.43 Å². The lowest BCUT2D eigenvalue weighted by atomic mass is 10.1. The van der Waals surface area contributed by atoms with Crippen molar-refractivity contribution in [3.05, 3.63) is 83.4 Å². The number of aromatic nitrogens is 3. The quantitative estimate of drug-likeness (QED) is 0.184. The molecule has 1 heterocycles. The number of halogens is 1. The molecule has 4 rings (SSSR count). The third-order valence-electron chi connectivity index (χ3n) is 5.25. The summed E-state index contributed by atoms with van der Waals surface area (Å²) in [7, 11) is 3.23.